The summed E-state index contributed by atoms with van der Waals surface area (Å²) < 4.78 is 5.09. The van der Waals surface area contributed by atoms with Crippen LogP contribution in [-0.2, 0) is 4.74 Å². The summed E-state index contributed by atoms with van der Waals surface area (Å²) in [6.45, 7) is 7.92. The monoisotopic (exact) mass is 495 g/mol. The van der Waals surface area contributed by atoms with Crippen molar-refractivity contribution < 1.29 is 14.3 Å². The average Bonchev–Trinajstić information content (AvgIpc) is 3.03. The molecule has 0 spiro atoms. The van der Waals surface area contributed by atoms with Crippen LogP contribution in [-0.4, -0.2) is 53.6 Å². The number of benzene rings is 1. The molecule has 1 saturated heterocycles. The van der Waals surface area contributed by atoms with E-state index in [0.29, 0.717) is 42.3 Å². The first kappa shape index (κ1) is 25.5. The largest absolute Gasteiger partial charge is 0.450 e. The molecule has 1 fully saturated rings. The van der Waals surface area contributed by atoms with E-state index in [1.54, 1.807) is 4.90 Å². The number of aliphatic imine (C=N–C) groups is 1. The van der Waals surface area contributed by atoms with Crippen molar-refractivity contribution in [3.8, 4) is 0 Å². The van der Waals surface area contributed by atoms with Crippen molar-refractivity contribution in [1.82, 2.24) is 10.2 Å². The standard InChI is InChI=1S/C28H37N3O3S/c1-4-19(3)10-12-23-22-8-6-7-9-25(22)35-26-13-11-20(18-24(26)30-23)27(32)29-21-14-16-31(17-15-21)28(33)34-5-2/h6-9,11,13,18-19,21-22,25H,4-5,10,12,14-17H2,1-3H3,(H,29,32). The molecule has 1 aromatic rings. The number of rotatable bonds is 7. The van der Waals surface area contributed by atoms with Gasteiger partial charge in [-0.1, -0.05) is 44.6 Å². The highest BCUT2D eigenvalue weighted by atomic mass is 32.2. The number of ether oxygens (including phenoxy) is 1. The van der Waals surface area contributed by atoms with Gasteiger partial charge < -0.3 is 15.0 Å². The summed E-state index contributed by atoms with van der Waals surface area (Å²) in [6, 6.07) is 5.95. The molecular weight excluding hydrogens is 458 g/mol. The molecule has 4 rings (SSSR count). The molecule has 1 aromatic carbocycles. The molecule has 0 radical (unpaired) electrons. The van der Waals surface area contributed by atoms with Gasteiger partial charge in [0.2, 0.25) is 0 Å². The van der Waals surface area contributed by atoms with Crippen molar-refractivity contribution in [2.45, 2.75) is 69.1 Å². The van der Waals surface area contributed by atoms with Crippen molar-refractivity contribution in [2.75, 3.05) is 19.7 Å². The number of likely N-dealkylation sites (tertiary alicyclic amines) is 1. The third-order valence-corrected chi connectivity index (χ3v) is 8.49. The Labute approximate surface area is 213 Å². The van der Waals surface area contributed by atoms with Crippen LogP contribution >= 0.6 is 11.8 Å². The van der Waals surface area contributed by atoms with Crippen LogP contribution in [0.2, 0.25) is 0 Å². The molecule has 3 unspecified atom stereocenters. The van der Waals surface area contributed by atoms with Gasteiger partial charge in [-0.2, -0.15) is 0 Å². The number of nitrogens with one attached hydrogen (secondary N) is 1. The van der Waals surface area contributed by atoms with E-state index in [4.69, 9.17) is 9.73 Å². The molecular formula is C28H37N3O3S. The van der Waals surface area contributed by atoms with Gasteiger partial charge in [-0.25, -0.2) is 4.79 Å². The van der Waals surface area contributed by atoms with E-state index < -0.39 is 0 Å². The van der Waals surface area contributed by atoms with E-state index in [1.165, 1.54) is 12.1 Å². The second-order valence-corrected chi connectivity index (χ2v) is 10.9. The minimum absolute atomic E-state index is 0.0501. The number of carbonyl (C=O) groups excluding carboxylic acids is 2. The Morgan fingerprint density at radius 2 is 1.97 bits per heavy atom. The smallest absolute Gasteiger partial charge is 0.409 e. The summed E-state index contributed by atoms with van der Waals surface area (Å²) >= 11 is 1.83. The number of nitrogens with zero attached hydrogens (tertiary/aromatic N) is 2. The minimum Gasteiger partial charge on any atom is -0.450 e. The van der Waals surface area contributed by atoms with Crippen molar-refractivity contribution in [1.29, 1.82) is 0 Å². The first-order valence-electron chi connectivity index (χ1n) is 12.9. The van der Waals surface area contributed by atoms with Crippen LogP contribution in [0.5, 0.6) is 0 Å². The predicted octanol–water partition coefficient (Wildman–Crippen LogP) is 6.15. The Hall–Kier alpha value is -2.54. The summed E-state index contributed by atoms with van der Waals surface area (Å²) in [5.41, 5.74) is 2.75. The van der Waals surface area contributed by atoms with Crippen LogP contribution in [0.15, 0.2) is 52.4 Å². The predicted molar refractivity (Wildman–Crippen MR) is 143 cm³/mol. The Balaban J connectivity index is 1.47. The fraction of sp³-hybridized carbons (Fsp3) is 0.536. The molecule has 0 aromatic heterocycles. The van der Waals surface area contributed by atoms with Crippen LogP contribution in [0.3, 0.4) is 0 Å². The van der Waals surface area contributed by atoms with Gasteiger partial charge in [0.25, 0.3) is 5.91 Å². The van der Waals surface area contributed by atoms with Gasteiger partial charge in [0.15, 0.2) is 0 Å². The maximum Gasteiger partial charge on any atom is 0.409 e. The van der Waals surface area contributed by atoms with Crippen LogP contribution in [0.1, 0.15) is 63.2 Å². The lowest BCUT2D eigenvalue weighted by molar-refractivity contribution is 0.0860. The zero-order valence-electron chi connectivity index (χ0n) is 21.0. The fourth-order valence-corrected chi connectivity index (χ4v) is 5.96. The maximum absolute atomic E-state index is 13.1. The normalized spacial score (nSPS) is 22.5. The Bertz CT molecular complexity index is 1010. The van der Waals surface area contributed by atoms with Gasteiger partial charge in [-0.15, -0.1) is 11.8 Å². The summed E-state index contributed by atoms with van der Waals surface area (Å²) in [4.78, 5) is 33.0. The van der Waals surface area contributed by atoms with E-state index in [9.17, 15) is 9.59 Å². The van der Waals surface area contributed by atoms with E-state index in [0.717, 1.165) is 36.3 Å². The third kappa shape index (κ3) is 6.37. The molecule has 6 nitrogen and oxygen atoms in total. The number of allylic oxidation sites excluding steroid dienone is 3. The van der Waals surface area contributed by atoms with Gasteiger partial charge in [0.1, 0.15) is 0 Å². The van der Waals surface area contributed by atoms with E-state index in [-0.39, 0.29) is 18.0 Å². The highest BCUT2D eigenvalue weighted by Gasteiger charge is 2.29. The highest BCUT2D eigenvalue weighted by Crippen LogP contribution is 2.42. The number of fused-ring (bicyclic) bond motifs is 2. The van der Waals surface area contributed by atoms with Crippen LogP contribution in [0, 0.1) is 11.8 Å². The molecule has 1 N–H and O–H groups in total. The van der Waals surface area contributed by atoms with Gasteiger partial charge in [0.05, 0.1) is 12.3 Å². The number of carbonyl (C=O) groups is 2. The quantitative estimate of drug-likeness (QED) is 0.492. The molecule has 7 heteroatoms. The molecule has 3 atom stereocenters. The molecule has 0 bridgehead atoms. The first-order valence-corrected chi connectivity index (χ1v) is 13.8. The summed E-state index contributed by atoms with van der Waals surface area (Å²) in [5.74, 6) is 0.885. The number of hydrogen-bond donors (Lipinski definition) is 1. The summed E-state index contributed by atoms with van der Waals surface area (Å²) in [6.07, 6.45) is 13.3. The van der Waals surface area contributed by atoms with Crippen molar-refractivity contribution in [3.05, 3.63) is 48.1 Å². The second-order valence-electron chi connectivity index (χ2n) is 9.65. The summed E-state index contributed by atoms with van der Waals surface area (Å²) in [7, 11) is 0. The molecule has 1 aliphatic carbocycles. The lowest BCUT2D eigenvalue weighted by atomic mass is 9.89. The van der Waals surface area contributed by atoms with E-state index in [2.05, 4.69) is 43.5 Å². The van der Waals surface area contributed by atoms with E-state index in [1.807, 2.05) is 36.9 Å². The molecule has 2 heterocycles. The lowest BCUT2D eigenvalue weighted by Gasteiger charge is -2.31. The number of thioether (sulfide) groups is 1. The molecule has 0 saturated carbocycles. The Morgan fingerprint density at radius 3 is 2.71 bits per heavy atom. The SMILES string of the molecule is CCOC(=O)N1CCC(NC(=O)c2ccc3c(c2)N=C(CCC(C)CC)C2C=CC=CC2S3)CC1. The number of piperidine rings is 1. The molecule has 3 aliphatic rings. The maximum atomic E-state index is 13.1. The van der Waals surface area contributed by atoms with E-state index >= 15 is 0 Å². The van der Waals surface area contributed by atoms with Crippen LogP contribution < -0.4 is 5.32 Å². The zero-order chi connectivity index (χ0) is 24.8. The lowest BCUT2D eigenvalue weighted by Crippen LogP contribution is -2.46. The second kappa shape index (κ2) is 11.9. The van der Waals surface area contributed by atoms with Gasteiger partial charge in [-0.3, -0.25) is 9.79 Å². The first-order chi connectivity index (χ1) is 17.0. The van der Waals surface area contributed by atoms with Crippen molar-refractivity contribution in [2.24, 2.45) is 16.8 Å². The number of amides is 2. The Morgan fingerprint density at radius 1 is 1.20 bits per heavy atom. The molecule has 2 aliphatic heterocycles. The topological polar surface area (TPSA) is 71.0 Å². The zero-order valence-corrected chi connectivity index (χ0v) is 21.9. The molecule has 35 heavy (non-hydrogen) atoms. The molecule has 2 amide bonds. The van der Waals surface area contributed by atoms with Crippen LogP contribution in [0.25, 0.3) is 0 Å². The van der Waals surface area contributed by atoms with Crippen LogP contribution in [0.4, 0.5) is 10.5 Å². The highest BCUT2D eigenvalue weighted by molar-refractivity contribution is 8.00. The van der Waals surface area contributed by atoms with Gasteiger partial charge in [-0.05, 0) is 56.7 Å². The van der Waals surface area contributed by atoms with Gasteiger partial charge in [0, 0.05) is 46.5 Å². The van der Waals surface area contributed by atoms with Gasteiger partial charge >= 0.3 is 6.09 Å². The number of hydrogen-bond acceptors (Lipinski definition) is 5. The summed E-state index contributed by atoms with van der Waals surface area (Å²) in [5, 5.41) is 3.50. The average molecular weight is 496 g/mol. The van der Waals surface area contributed by atoms with Crippen molar-refractivity contribution in [3.63, 3.8) is 0 Å². The Kier molecular flexibility index (Phi) is 8.71. The minimum atomic E-state index is -0.271. The molecule has 188 valence electrons. The third-order valence-electron chi connectivity index (χ3n) is 7.16. The fourth-order valence-electron chi connectivity index (χ4n) is 4.73. The van der Waals surface area contributed by atoms with Crippen molar-refractivity contribution >= 4 is 35.2 Å².